The van der Waals surface area contributed by atoms with Crippen LogP contribution >= 0.6 is 0 Å². The summed E-state index contributed by atoms with van der Waals surface area (Å²) in [4.78, 5) is 26.4. The third kappa shape index (κ3) is 5.09. The average Bonchev–Trinajstić information content (AvgIpc) is 3.35. The van der Waals surface area contributed by atoms with Crippen LogP contribution in [0.5, 0.6) is 0 Å². The van der Waals surface area contributed by atoms with Crippen molar-refractivity contribution in [2.75, 3.05) is 0 Å². The van der Waals surface area contributed by atoms with E-state index in [0.717, 1.165) is 28.7 Å². The molecule has 3 rings (SSSR count). The third-order valence-corrected chi connectivity index (χ3v) is 5.83. The van der Waals surface area contributed by atoms with E-state index in [1.807, 2.05) is 55.5 Å². The smallest absolute Gasteiger partial charge is 0.344 e. The van der Waals surface area contributed by atoms with Crippen molar-refractivity contribution in [1.29, 1.82) is 0 Å². The highest BCUT2D eigenvalue weighted by Crippen LogP contribution is 2.30. The van der Waals surface area contributed by atoms with Crippen LogP contribution in [0.15, 0.2) is 48.5 Å². The maximum Gasteiger partial charge on any atom is 0.344 e. The number of carboxylic acid groups (broad SMARTS) is 1. The number of hydrogen-bond donors (Lipinski definition) is 3. The molecule has 0 saturated heterocycles. The maximum absolute atomic E-state index is 13.0. The second-order valence-electron chi connectivity index (χ2n) is 8.35. The van der Waals surface area contributed by atoms with Gasteiger partial charge in [0.1, 0.15) is 0 Å². The molecule has 174 valence electrons. The number of nitrogens with one attached hydrogen (secondary N) is 1. The van der Waals surface area contributed by atoms with Crippen LogP contribution in [0.2, 0.25) is 0 Å². The Morgan fingerprint density at radius 2 is 1.79 bits per heavy atom. The highest BCUT2D eigenvalue weighted by Gasteiger charge is 2.45. The third-order valence-electron chi connectivity index (χ3n) is 5.83. The minimum atomic E-state index is -1.80. The molecule has 1 atom stereocenters. The Morgan fingerprint density at radius 3 is 2.33 bits per heavy atom. The van der Waals surface area contributed by atoms with E-state index in [-0.39, 0.29) is 18.9 Å². The number of aliphatic carboxylic acids is 1. The lowest BCUT2D eigenvalue weighted by Crippen LogP contribution is -2.66. The summed E-state index contributed by atoms with van der Waals surface area (Å²) in [5.41, 5.74) is 8.02. The number of benzene rings is 2. The van der Waals surface area contributed by atoms with E-state index in [1.54, 1.807) is 13.8 Å². The molecule has 9 heteroatoms. The molecule has 2 aromatic carbocycles. The number of carbonyl (C=O) groups excluding carboxylic acids is 1. The van der Waals surface area contributed by atoms with Crippen molar-refractivity contribution in [2.24, 2.45) is 11.7 Å². The van der Waals surface area contributed by atoms with Gasteiger partial charge in [-0.2, -0.15) is 5.21 Å². The van der Waals surface area contributed by atoms with Crippen LogP contribution in [0, 0.1) is 5.92 Å². The molecule has 0 aliphatic rings. The molecule has 4 N–H and O–H groups in total. The van der Waals surface area contributed by atoms with E-state index >= 15 is 0 Å². The number of unbranched alkanes of at least 4 members (excludes halogenated alkanes) is 1. The molecule has 1 heterocycles. The molecule has 0 fully saturated rings. The molecular formula is C24H30N6O3. The molecular weight excluding hydrogens is 420 g/mol. The summed E-state index contributed by atoms with van der Waals surface area (Å²) < 4.78 is 0. The van der Waals surface area contributed by atoms with Gasteiger partial charge in [0.2, 0.25) is 11.7 Å². The average molecular weight is 451 g/mol. The number of tetrazole rings is 1. The molecule has 9 nitrogen and oxygen atoms in total. The van der Waals surface area contributed by atoms with Gasteiger partial charge in [-0.05, 0) is 28.3 Å². The number of nitrogens with two attached hydrogens (primary N) is 1. The zero-order chi connectivity index (χ0) is 24.0. The number of amides is 1. The molecule has 0 aliphatic heterocycles. The fraction of sp³-hybridized carbons (Fsp3) is 0.375. The highest BCUT2D eigenvalue weighted by atomic mass is 16.4. The van der Waals surface area contributed by atoms with Gasteiger partial charge >= 0.3 is 5.97 Å². The van der Waals surface area contributed by atoms with Gasteiger partial charge in [0, 0.05) is 24.4 Å². The molecule has 0 radical (unpaired) electrons. The largest absolute Gasteiger partial charge is 0.478 e. The SMILES string of the molecule is CCCCC(=O)N(Cc1ccc(-c2ccccc2-c2nn[nH]n2)cc1)[C@](N)(C(=O)O)C(C)C. The van der Waals surface area contributed by atoms with Gasteiger partial charge in [-0.3, -0.25) is 10.5 Å². The summed E-state index contributed by atoms with van der Waals surface area (Å²) in [6.07, 6.45) is 1.76. The van der Waals surface area contributed by atoms with E-state index in [9.17, 15) is 14.7 Å². The van der Waals surface area contributed by atoms with Crippen molar-refractivity contribution in [3.8, 4) is 22.5 Å². The topological polar surface area (TPSA) is 138 Å². The second-order valence-corrected chi connectivity index (χ2v) is 8.35. The van der Waals surface area contributed by atoms with Gasteiger partial charge in [-0.25, -0.2) is 4.79 Å². The molecule has 0 aliphatic carbocycles. The normalized spacial score (nSPS) is 13.0. The van der Waals surface area contributed by atoms with E-state index in [4.69, 9.17) is 5.73 Å². The van der Waals surface area contributed by atoms with Crippen LogP contribution < -0.4 is 5.73 Å². The van der Waals surface area contributed by atoms with Gasteiger partial charge in [-0.1, -0.05) is 75.7 Å². The minimum absolute atomic E-state index is 0.107. The van der Waals surface area contributed by atoms with Crippen molar-refractivity contribution in [3.63, 3.8) is 0 Å². The van der Waals surface area contributed by atoms with Crippen molar-refractivity contribution >= 4 is 11.9 Å². The molecule has 0 unspecified atom stereocenters. The summed E-state index contributed by atoms with van der Waals surface area (Å²) in [7, 11) is 0. The monoisotopic (exact) mass is 450 g/mol. The fourth-order valence-electron chi connectivity index (χ4n) is 3.74. The lowest BCUT2D eigenvalue weighted by Gasteiger charge is -2.40. The number of aromatic amines is 1. The van der Waals surface area contributed by atoms with Gasteiger partial charge < -0.3 is 10.0 Å². The number of carboxylic acids is 1. The van der Waals surface area contributed by atoms with E-state index in [0.29, 0.717) is 12.2 Å². The first kappa shape index (κ1) is 24.1. The first-order chi connectivity index (χ1) is 15.8. The van der Waals surface area contributed by atoms with Gasteiger partial charge in [0.25, 0.3) is 0 Å². The number of aromatic nitrogens is 4. The summed E-state index contributed by atoms with van der Waals surface area (Å²) in [5, 5.41) is 24.1. The van der Waals surface area contributed by atoms with Crippen molar-refractivity contribution in [2.45, 2.75) is 52.2 Å². The van der Waals surface area contributed by atoms with E-state index < -0.39 is 17.6 Å². The zero-order valence-corrected chi connectivity index (χ0v) is 19.2. The predicted octanol–water partition coefficient (Wildman–Crippen LogP) is 3.45. The first-order valence-corrected chi connectivity index (χ1v) is 11.0. The maximum atomic E-state index is 13.0. The molecule has 1 amide bonds. The van der Waals surface area contributed by atoms with Crippen LogP contribution in [-0.2, 0) is 16.1 Å². The van der Waals surface area contributed by atoms with Crippen LogP contribution in [0.25, 0.3) is 22.5 Å². The molecule has 33 heavy (non-hydrogen) atoms. The fourth-order valence-corrected chi connectivity index (χ4v) is 3.74. The Kier molecular flexibility index (Phi) is 7.55. The Morgan fingerprint density at radius 1 is 1.12 bits per heavy atom. The van der Waals surface area contributed by atoms with Gasteiger partial charge in [0.05, 0.1) is 0 Å². The summed E-state index contributed by atoms with van der Waals surface area (Å²) in [6, 6.07) is 15.3. The van der Waals surface area contributed by atoms with Crippen molar-refractivity contribution < 1.29 is 14.7 Å². The van der Waals surface area contributed by atoms with Gasteiger partial charge in [-0.15, -0.1) is 10.2 Å². The number of hydrogen-bond acceptors (Lipinski definition) is 6. The number of carbonyl (C=O) groups is 2. The van der Waals surface area contributed by atoms with Crippen LogP contribution in [0.1, 0.15) is 45.6 Å². The Bertz CT molecular complexity index is 1080. The number of H-pyrrole nitrogens is 1. The number of nitrogens with zero attached hydrogens (tertiary/aromatic N) is 4. The number of rotatable bonds is 10. The summed E-state index contributed by atoms with van der Waals surface area (Å²) in [6.45, 7) is 5.52. The zero-order valence-electron chi connectivity index (χ0n) is 19.2. The molecule has 1 aromatic heterocycles. The van der Waals surface area contributed by atoms with Crippen LogP contribution in [0.4, 0.5) is 0 Å². The summed E-state index contributed by atoms with van der Waals surface area (Å²) >= 11 is 0. The highest BCUT2D eigenvalue weighted by molar-refractivity contribution is 5.87. The Labute approximate surface area is 193 Å². The lowest BCUT2D eigenvalue weighted by atomic mass is 9.93. The molecule has 3 aromatic rings. The Balaban J connectivity index is 1.92. The molecule has 0 bridgehead atoms. The predicted molar refractivity (Wildman–Crippen MR) is 125 cm³/mol. The lowest BCUT2D eigenvalue weighted by molar-refractivity contribution is -0.163. The molecule has 0 saturated carbocycles. The molecule has 0 spiro atoms. The second kappa shape index (κ2) is 10.4. The van der Waals surface area contributed by atoms with E-state index in [1.165, 1.54) is 4.90 Å². The minimum Gasteiger partial charge on any atom is -0.478 e. The first-order valence-electron chi connectivity index (χ1n) is 11.0. The van der Waals surface area contributed by atoms with E-state index in [2.05, 4.69) is 20.6 Å². The Hall–Kier alpha value is -3.59. The van der Waals surface area contributed by atoms with Crippen molar-refractivity contribution in [3.05, 3.63) is 54.1 Å². The van der Waals surface area contributed by atoms with Crippen molar-refractivity contribution in [1.82, 2.24) is 25.5 Å². The standard InChI is InChI=1S/C24H30N6O3/c1-4-5-10-21(31)30(24(25,16(2)3)23(32)33)15-17-11-13-18(14-12-17)19-8-6-7-9-20(19)22-26-28-29-27-22/h6-9,11-14,16H,4-5,10,15,25H2,1-3H3,(H,32,33)(H,26,27,28,29)/t24-/m0/s1. The van der Waals surface area contributed by atoms with Crippen LogP contribution in [-0.4, -0.2) is 48.2 Å². The quantitative estimate of drug-likeness (QED) is 0.402. The van der Waals surface area contributed by atoms with Crippen LogP contribution in [0.3, 0.4) is 0 Å². The summed E-state index contributed by atoms with van der Waals surface area (Å²) in [5.74, 6) is -1.45. The van der Waals surface area contributed by atoms with Gasteiger partial charge in [0.15, 0.2) is 5.66 Å².